The van der Waals surface area contributed by atoms with Crippen LogP contribution in [0.25, 0.3) is 0 Å². The Hall–Kier alpha value is -2.90. The van der Waals surface area contributed by atoms with Gasteiger partial charge in [0.05, 0.1) is 29.9 Å². The first-order valence-corrected chi connectivity index (χ1v) is 12.4. The molecule has 0 aliphatic carbocycles. The minimum absolute atomic E-state index is 0.00412. The van der Waals surface area contributed by atoms with Gasteiger partial charge in [0.1, 0.15) is 17.1 Å². The van der Waals surface area contributed by atoms with Crippen LogP contribution in [-0.4, -0.2) is 40.4 Å². The Balaban J connectivity index is 1.67. The highest BCUT2D eigenvalue weighted by molar-refractivity contribution is 6.28. The number of amides is 1. The van der Waals surface area contributed by atoms with E-state index < -0.39 is 29.3 Å². The molecule has 0 spiro atoms. The zero-order chi connectivity index (χ0) is 25.9. The Morgan fingerprint density at radius 2 is 1.97 bits per heavy atom. The third-order valence-corrected chi connectivity index (χ3v) is 7.16. The van der Waals surface area contributed by atoms with Crippen molar-refractivity contribution in [2.45, 2.75) is 58.0 Å². The maximum Gasteiger partial charge on any atom is 0.266 e. The predicted molar refractivity (Wildman–Crippen MR) is 129 cm³/mol. The van der Waals surface area contributed by atoms with Gasteiger partial charge in [0.15, 0.2) is 0 Å². The minimum Gasteiger partial charge on any atom is -0.363 e. The van der Waals surface area contributed by atoms with Crippen LogP contribution in [0.3, 0.4) is 0 Å². The molecule has 1 fully saturated rings. The number of benzene rings is 1. The number of carbonyl (C=O) groups is 1. The number of rotatable bonds is 5. The lowest BCUT2D eigenvalue weighted by atomic mass is 9.78. The molecule has 7 nitrogen and oxygen atoms in total. The number of nitrogens with zero attached hydrogens (tertiary/aromatic N) is 4. The fourth-order valence-corrected chi connectivity index (χ4v) is 5.10. The first kappa shape index (κ1) is 26.2. The van der Waals surface area contributed by atoms with Crippen molar-refractivity contribution in [2.24, 2.45) is 5.41 Å². The molecule has 0 unspecified atom stereocenters. The molecule has 2 aliphatic heterocycles. The van der Waals surface area contributed by atoms with Gasteiger partial charge in [-0.05, 0) is 63.7 Å². The quantitative estimate of drug-likeness (QED) is 0.542. The number of piperidine rings is 1. The first-order chi connectivity index (χ1) is 17.3. The van der Waals surface area contributed by atoms with Gasteiger partial charge >= 0.3 is 0 Å². The molecule has 1 atom stereocenters. The van der Waals surface area contributed by atoms with Gasteiger partial charge in [0.25, 0.3) is 6.43 Å². The van der Waals surface area contributed by atoms with Gasteiger partial charge in [0, 0.05) is 17.7 Å². The fourth-order valence-electron chi connectivity index (χ4n) is 4.91. The van der Waals surface area contributed by atoms with Crippen molar-refractivity contribution in [3.8, 4) is 6.07 Å². The molecule has 2 N–H and O–H groups in total. The average molecular weight is 521 g/mol. The Morgan fingerprint density at radius 3 is 2.67 bits per heavy atom. The summed E-state index contributed by atoms with van der Waals surface area (Å²) in [5.74, 6) is -0.881. The summed E-state index contributed by atoms with van der Waals surface area (Å²) in [4.78, 5) is 24.0. The summed E-state index contributed by atoms with van der Waals surface area (Å²) < 4.78 is 41.3. The van der Waals surface area contributed by atoms with Crippen LogP contribution >= 0.6 is 11.6 Å². The molecule has 1 aromatic heterocycles. The Morgan fingerprint density at radius 1 is 1.25 bits per heavy atom. The van der Waals surface area contributed by atoms with Crippen LogP contribution in [0.2, 0.25) is 5.28 Å². The molecule has 0 saturated carbocycles. The number of nitrogens with one attached hydrogen (secondary N) is 2. The SMILES string of the molecule is C[C@@H](Nc1nc(Cl)nc2c1CN(C(=O)C1(C#N)CCNCC1)CCCC2)c1cccc(C(F)F)c1F. The second-order valence-electron chi connectivity index (χ2n) is 9.31. The molecular weight excluding hydrogens is 493 g/mol. The number of anilines is 1. The number of aryl methyl sites for hydroxylation is 1. The zero-order valence-corrected chi connectivity index (χ0v) is 20.7. The minimum atomic E-state index is -2.94. The lowest BCUT2D eigenvalue weighted by molar-refractivity contribution is -0.141. The summed E-state index contributed by atoms with van der Waals surface area (Å²) in [5.41, 5.74) is -0.393. The van der Waals surface area contributed by atoms with Crippen LogP contribution in [0, 0.1) is 22.6 Å². The van der Waals surface area contributed by atoms with Gasteiger partial charge in [-0.2, -0.15) is 5.26 Å². The summed E-state index contributed by atoms with van der Waals surface area (Å²) in [5, 5.41) is 16.2. The van der Waals surface area contributed by atoms with E-state index in [0.717, 1.165) is 18.9 Å². The normalized spacial score (nSPS) is 18.5. The third kappa shape index (κ3) is 5.27. The van der Waals surface area contributed by atoms with E-state index in [4.69, 9.17) is 11.6 Å². The molecule has 1 saturated heterocycles. The predicted octanol–water partition coefficient (Wildman–Crippen LogP) is 4.94. The fraction of sp³-hybridized carbons (Fsp3) is 0.520. The summed E-state index contributed by atoms with van der Waals surface area (Å²) >= 11 is 6.20. The number of hydrogen-bond acceptors (Lipinski definition) is 6. The molecule has 192 valence electrons. The highest BCUT2D eigenvalue weighted by atomic mass is 35.5. The van der Waals surface area contributed by atoms with Crippen molar-refractivity contribution in [1.29, 1.82) is 5.26 Å². The molecule has 2 aromatic rings. The summed E-state index contributed by atoms with van der Waals surface area (Å²) in [7, 11) is 0. The van der Waals surface area contributed by atoms with Gasteiger partial charge in [-0.3, -0.25) is 4.79 Å². The van der Waals surface area contributed by atoms with Gasteiger partial charge in [0.2, 0.25) is 11.2 Å². The second kappa shape index (κ2) is 11.0. The lowest BCUT2D eigenvalue weighted by Crippen LogP contribution is -2.49. The monoisotopic (exact) mass is 520 g/mol. The molecule has 0 radical (unpaired) electrons. The molecule has 3 heterocycles. The van der Waals surface area contributed by atoms with Crippen molar-refractivity contribution < 1.29 is 18.0 Å². The van der Waals surface area contributed by atoms with Crippen LogP contribution in [0.15, 0.2) is 18.2 Å². The van der Waals surface area contributed by atoms with Gasteiger partial charge in [-0.25, -0.2) is 23.1 Å². The van der Waals surface area contributed by atoms with Crippen molar-refractivity contribution in [3.05, 3.63) is 51.7 Å². The van der Waals surface area contributed by atoms with E-state index in [1.165, 1.54) is 12.1 Å². The number of halogens is 4. The van der Waals surface area contributed by atoms with E-state index in [-0.39, 0.29) is 23.3 Å². The van der Waals surface area contributed by atoms with E-state index in [9.17, 15) is 23.2 Å². The van der Waals surface area contributed by atoms with Crippen LogP contribution in [0.5, 0.6) is 0 Å². The van der Waals surface area contributed by atoms with E-state index in [1.54, 1.807) is 11.8 Å². The topological polar surface area (TPSA) is 93.9 Å². The van der Waals surface area contributed by atoms with Crippen molar-refractivity contribution in [3.63, 3.8) is 0 Å². The van der Waals surface area contributed by atoms with Crippen LogP contribution < -0.4 is 10.6 Å². The number of fused-ring (bicyclic) bond motifs is 1. The van der Waals surface area contributed by atoms with Crippen molar-refractivity contribution >= 4 is 23.3 Å². The highest BCUT2D eigenvalue weighted by Gasteiger charge is 2.43. The number of alkyl halides is 2. The average Bonchev–Trinajstić information content (AvgIpc) is 2.85. The Labute approximate surface area is 213 Å². The van der Waals surface area contributed by atoms with E-state index in [1.807, 2.05) is 0 Å². The van der Waals surface area contributed by atoms with Crippen LogP contribution in [0.1, 0.15) is 67.5 Å². The van der Waals surface area contributed by atoms with Crippen molar-refractivity contribution in [2.75, 3.05) is 25.0 Å². The van der Waals surface area contributed by atoms with Gasteiger partial charge in [-0.1, -0.05) is 18.2 Å². The smallest absolute Gasteiger partial charge is 0.266 e. The third-order valence-electron chi connectivity index (χ3n) is 6.99. The zero-order valence-electron chi connectivity index (χ0n) is 20.0. The molecule has 4 rings (SSSR count). The van der Waals surface area contributed by atoms with Crippen molar-refractivity contribution in [1.82, 2.24) is 20.2 Å². The summed E-state index contributed by atoms with van der Waals surface area (Å²) in [6.45, 7) is 3.47. The Kier molecular flexibility index (Phi) is 8.00. The van der Waals surface area contributed by atoms with Gasteiger partial charge in [-0.15, -0.1) is 0 Å². The Bertz CT molecular complexity index is 1170. The lowest BCUT2D eigenvalue weighted by Gasteiger charge is -2.36. The summed E-state index contributed by atoms with van der Waals surface area (Å²) in [6, 6.07) is 5.43. The molecule has 36 heavy (non-hydrogen) atoms. The van der Waals surface area contributed by atoms with E-state index in [0.29, 0.717) is 56.0 Å². The largest absolute Gasteiger partial charge is 0.363 e. The maximum atomic E-state index is 14.8. The number of carbonyl (C=O) groups excluding carboxylic acids is 1. The molecule has 0 bridgehead atoms. The molecule has 1 aromatic carbocycles. The van der Waals surface area contributed by atoms with Gasteiger partial charge < -0.3 is 15.5 Å². The summed E-state index contributed by atoms with van der Waals surface area (Å²) in [6.07, 6.45) is 0.0520. The highest BCUT2D eigenvalue weighted by Crippen LogP contribution is 2.35. The maximum absolute atomic E-state index is 14.8. The van der Waals surface area contributed by atoms with E-state index in [2.05, 4.69) is 26.7 Å². The standard InChI is InChI=1S/C25H28ClF3N6O/c1-15(16-5-4-6-17(20(16)27)21(28)29)32-22-18-13-35(12-3-2-7-19(18)33-24(26)34-22)23(36)25(14-30)8-10-31-11-9-25/h4-6,15,21,31H,2-3,7-13H2,1H3,(H,32,33,34)/t15-/m1/s1. The molecular formula is C25H28ClF3N6O. The first-order valence-electron chi connectivity index (χ1n) is 12.1. The van der Waals surface area contributed by atoms with Crippen LogP contribution in [-0.2, 0) is 17.8 Å². The molecule has 2 aliphatic rings. The van der Waals surface area contributed by atoms with Crippen LogP contribution in [0.4, 0.5) is 19.0 Å². The second-order valence-corrected chi connectivity index (χ2v) is 9.65. The molecule has 1 amide bonds. The number of hydrogen-bond donors (Lipinski definition) is 2. The number of aromatic nitrogens is 2. The van der Waals surface area contributed by atoms with E-state index >= 15 is 0 Å². The number of nitriles is 1. The molecule has 11 heteroatoms.